The number of hydrogen-bond donors (Lipinski definition) is 0. The van der Waals surface area contributed by atoms with Gasteiger partial charge in [0.2, 0.25) is 0 Å². The van der Waals surface area contributed by atoms with E-state index in [1.165, 1.54) is 6.07 Å². The number of fused-ring (bicyclic) bond motifs is 1. The maximum Gasteiger partial charge on any atom is 0.277 e. The summed E-state index contributed by atoms with van der Waals surface area (Å²) in [6.45, 7) is 0. The fourth-order valence-corrected chi connectivity index (χ4v) is 1.57. The zero-order valence-electron chi connectivity index (χ0n) is 7.71. The first-order valence-corrected chi connectivity index (χ1v) is 4.35. The first-order chi connectivity index (χ1) is 7.24. The van der Waals surface area contributed by atoms with Crippen LogP contribution in [0.3, 0.4) is 0 Å². The molecule has 0 aromatic rings. The molecule has 0 aromatic heterocycles. The third-order valence-corrected chi connectivity index (χ3v) is 2.24. The van der Waals surface area contributed by atoms with Gasteiger partial charge in [-0.1, -0.05) is 24.3 Å². The minimum Gasteiger partial charge on any atom is -0.298 e. The Morgan fingerprint density at radius 2 is 1.80 bits per heavy atom. The van der Waals surface area contributed by atoms with Crippen LogP contribution in [0.1, 0.15) is 10.4 Å². The topological polar surface area (TPSA) is 60.2 Å². The maximum absolute atomic E-state index is 10.7. The van der Waals surface area contributed by atoms with Crippen molar-refractivity contribution in [2.45, 2.75) is 0 Å². The van der Waals surface area contributed by atoms with Gasteiger partial charge in [-0.15, -0.1) is 0 Å². The molecule has 0 saturated heterocycles. The fourth-order valence-electron chi connectivity index (χ4n) is 1.57. The lowest BCUT2D eigenvalue weighted by Gasteiger charge is -1.92. The van der Waals surface area contributed by atoms with Crippen molar-refractivity contribution in [1.29, 1.82) is 0 Å². The number of nitro groups is 1. The van der Waals surface area contributed by atoms with Crippen LogP contribution >= 0.6 is 0 Å². The van der Waals surface area contributed by atoms with Crippen molar-refractivity contribution >= 4 is 12.0 Å². The van der Waals surface area contributed by atoms with Crippen molar-refractivity contribution < 1.29 is 9.72 Å². The molecule has 74 valence electrons. The number of hydrogen-bond acceptors (Lipinski definition) is 3. The molecule has 4 nitrogen and oxygen atoms in total. The van der Waals surface area contributed by atoms with E-state index >= 15 is 0 Å². The van der Waals surface area contributed by atoms with Gasteiger partial charge in [0.25, 0.3) is 5.69 Å². The summed E-state index contributed by atoms with van der Waals surface area (Å²) >= 11 is 0. The number of carbonyl (C=O) groups is 1. The molecule has 2 aliphatic rings. The number of nitrogens with zero attached hydrogens (tertiary/aromatic N) is 1. The van der Waals surface area contributed by atoms with Crippen LogP contribution in [-0.4, -0.2) is 11.2 Å². The van der Waals surface area contributed by atoms with Gasteiger partial charge in [-0.25, -0.2) is 0 Å². The summed E-state index contributed by atoms with van der Waals surface area (Å²) in [5, 5.41) is 10.7. The zero-order chi connectivity index (χ0) is 10.8. The summed E-state index contributed by atoms with van der Waals surface area (Å²) in [6, 6.07) is 9.87. The summed E-state index contributed by atoms with van der Waals surface area (Å²) in [4.78, 5) is 21.0. The second-order valence-electron chi connectivity index (χ2n) is 3.10. The predicted octanol–water partition coefficient (Wildman–Crippen LogP) is 2.51. The molecule has 0 spiro atoms. The average Bonchev–Trinajstić information content (AvgIpc) is 2.41. The summed E-state index contributed by atoms with van der Waals surface area (Å²) in [7, 11) is 0. The third-order valence-electron chi connectivity index (χ3n) is 2.24. The van der Waals surface area contributed by atoms with Crippen molar-refractivity contribution in [3.63, 3.8) is 0 Å². The molecule has 2 aliphatic carbocycles. The molecule has 0 heterocycles. The van der Waals surface area contributed by atoms with Gasteiger partial charge < -0.3 is 0 Å². The molecule has 0 aliphatic heterocycles. The van der Waals surface area contributed by atoms with Crippen LogP contribution in [0.4, 0.5) is 5.69 Å². The molecule has 2 rings (SSSR count). The Morgan fingerprint density at radius 3 is 2.40 bits per heavy atom. The van der Waals surface area contributed by atoms with E-state index in [0.29, 0.717) is 23.0 Å². The molecule has 0 aromatic carbocycles. The van der Waals surface area contributed by atoms with Crippen molar-refractivity contribution in [2.24, 2.45) is 0 Å². The Hall–Kier alpha value is -2.23. The monoisotopic (exact) mass is 201 g/mol. The minimum absolute atomic E-state index is 0.0247. The number of aldehydes is 1. The normalized spacial score (nSPS) is 10.1. The van der Waals surface area contributed by atoms with Crippen LogP contribution in [0.5, 0.6) is 0 Å². The largest absolute Gasteiger partial charge is 0.298 e. The van der Waals surface area contributed by atoms with E-state index < -0.39 is 4.92 Å². The van der Waals surface area contributed by atoms with Crippen molar-refractivity contribution in [2.75, 3.05) is 0 Å². The molecule has 15 heavy (non-hydrogen) atoms. The van der Waals surface area contributed by atoms with Crippen LogP contribution in [0.15, 0.2) is 36.4 Å². The van der Waals surface area contributed by atoms with E-state index in [1.54, 1.807) is 30.3 Å². The number of rotatable bonds is 2. The minimum atomic E-state index is -0.477. The first kappa shape index (κ1) is 9.33. The first-order valence-electron chi connectivity index (χ1n) is 4.35. The Bertz CT molecular complexity index is 507. The van der Waals surface area contributed by atoms with Gasteiger partial charge in [-0.3, -0.25) is 14.9 Å². The fraction of sp³-hybridized carbons (Fsp3) is 0. The van der Waals surface area contributed by atoms with E-state index in [0.717, 1.165) is 0 Å². The van der Waals surface area contributed by atoms with E-state index in [2.05, 4.69) is 0 Å². The highest BCUT2D eigenvalue weighted by atomic mass is 16.6. The molecule has 0 amide bonds. The Labute approximate surface area is 85.6 Å². The lowest BCUT2D eigenvalue weighted by Crippen LogP contribution is -1.85. The van der Waals surface area contributed by atoms with E-state index in [1.807, 2.05) is 0 Å². The average molecular weight is 201 g/mol. The highest BCUT2D eigenvalue weighted by molar-refractivity contribution is 5.94. The van der Waals surface area contributed by atoms with Gasteiger partial charge in [0.1, 0.15) is 0 Å². The van der Waals surface area contributed by atoms with E-state index in [-0.39, 0.29) is 5.69 Å². The van der Waals surface area contributed by atoms with Gasteiger partial charge in [0, 0.05) is 11.6 Å². The lowest BCUT2D eigenvalue weighted by atomic mass is 10.1. The van der Waals surface area contributed by atoms with Crippen LogP contribution < -0.4 is 0 Å². The van der Waals surface area contributed by atoms with Crippen molar-refractivity contribution in [1.82, 2.24) is 0 Å². The molecule has 0 atom stereocenters. The highest BCUT2D eigenvalue weighted by Gasteiger charge is 2.21. The molecule has 0 fully saturated rings. The summed E-state index contributed by atoms with van der Waals surface area (Å²) in [5.74, 6) is 0. The van der Waals surface area contributed by atoms with Crippen molar-refractivity contribution in [3.05, 3.63) is 52.1 Å². The molecule has 0 N–H and O–H groups in total. The summed E-state index contributed by atoms with van der Waals surface area (Å²) in [5.41, 5.74) is 1.44. The molecule has 0 saturated carbocycles. The van der Waals surface area contributed by atoms with Crippen LogP contribution in [0.25, 0.3) is 11.1 Å². The maximum atomic E-state index is 10.7. The predicted molar refractivity (Wildman–Crippen MR) is 55.1 cm³/mol. The molecular weight excluding hydrogens is 194 g/mol. The SMILES string of the molecule is O=Cc1cc([N+](=O)[O-])c2cccccc1-2. The third kappa shape index (κ3) is 1.46. The van der Waals surface area contributed by atoms with E-state index in [4.69, 9.17) is 0 Å². The van der Waals surface area contributed by atoms with Gasteiger partial charge >= 0.3 is 0 Å². The Balaban J connectivity index is 2.78. The van der Waals surface area contributed by atoms with Gasteiger partial charge in [0.05, 0.1) is 10.5 Å². The summed E-state index contributed by atoms with van der Waals surface area (Å²) in [6.07, 6.45) is 0.634. The lowest BCUT2D eigenvalue weighted by molar-refractivity contribution is -0.383. The summed E-state index contributed by atoms with van der Waals surface area (Å²) < 4.78 is 0. The molecule has 0 radical (unpaired) electrons. The zero-order valence-corrected chi connectivity index (χ0v) is 7.71. The highest BCUT2D eigenvalue weighted by Crippen LogP contribution is 2.35. The Morgan fingerprint density at radius 1 is 1.13 bits per heavy atom. The quantitative estimate of drug-likeness (QED) is 0.426. The van der Waals surface area contributed by atoms with Crippen LogP contribution in [-0.2, 0) is 0 Å². The standard InChI is InChI=1S/C11H7NO3/c13-7-8-6-11(12(14)15)10-5-3-1-2-4-9(8)10/h1-7H. The smallest absolute Gasteiger partial charge is 0.277 e. The molecule has 0 unspecified atom stereocenters. The van der Waals surface area contributed by atoms with Crippen LogP contribution in [0.2, 0.25) is 0 Å². The number of carbonyl (C=O) groups excluding carboxylic acids is 1. The second kappa shape index (κ2) is 3.49. The molecular formula is C11H7NO3. The van der Waals surface area contributed by atoms with Gasteiger partial charge in [0.15, 0.2) is 6.29 Å². The van der Waals surface area contributed by atoms with Gasteiger partial charge in [-0.2, -0.15) is 0 Å². The Kier molecular flexibility index (Phi) is 2.17. The van der Waals surface area contributed by atoms with E-state index in [9.17, 15) is 14.9 Å². The van der Waals surface area contributed by atoms with Crippen molar-refractivity contribution in [3.8, 4) is 11.1 Å². The molecule has 4 heteroatoms. The second-order valence-corrected chi connectivity index (χ2v) is 3.10. The van der Waals surface area contributed by atoms with Gasteiger partial charge in [-0.05, 0) is 11.6 Å². The molecule has 0 bridgehead atoms. The van der Waals surface area contributed by atoms with Crippen LogP contribution in [0, 0.1) is 10.1 Å².